The van der Waals surface area contributed by atoms with E-state index in [1.807, 2.05) is 12.1 Å². The molecule has 27 heavy (non-hydrogen) atoms. The Morgan fingerprint density at radius 2 is 1.74 bits per heavy atom. The summed E-state index contributed by atoms with van der Waals surface area (Å²) >= 11 is 3.32. The molecule has 0 atom stereocenters. The number of nitrogens with one attached hydrogen (secondary N) is 2. The van der Waals surface area contributed by atoms with E-state index in [0.717, 1.165) is 10.9 Å². The highest BCUT2D eigenvalue weighted by Gasteiger charge is 2.09. The van der Waals surface area contributed by atoms with Gasteiger partial charge in [-0.25, -0.2) is 0 Å². The van der Waals surface area contributed by atoms with Crippen LogP contribution in [0, 0.1) is 5.92 Å². The van der Waals surface area contributed by atoms with E-state index in [2.05, 4.69) is 40.6 Å². The number of halogens is 1. The third-order valence-corrected chi connectivity index (χ3v) is 4.09. The first-order valence-corrected chi connectivity index (χ1v) is 9.44. The lowest BCUT2D eigenvalue weighted by molar-refractivity contribution is -0.123. The maximum atomic E-state index is 12.2. The predicted octanol–water partition coefficient (Wildman–Crippen LogP) is 3.71. The number of ether oxygens (including phenoxy) is 2. The van der Waals surface area contributed by atoms with E-state index in [1.54, 1.807) is 36.4 Å². The fraction of sp³-hybridized carbons (Fsp3) is 0.300. The van der Waals surface area contributed by atoms with Gasteiger partial charge >= 0.3 is 0 Å². The van der Waals surface area contributed by atoms with E-state index in [0.29, 0.717) is 29.6 Å². The van der Waals surface area contributed by atoms with Crippen molar-refractivity contribution in [1.82, 2.24) is 10.9 Å². The maximum absolute atomic E-state index is 12.2. The van der Waals surface area contributed by atoms with E-state index < -0.39 is 11.8 Å². The molecule has 0 fully saturated rings. The highest BCUT2D eigenvalue weighted by atomic mass is 79.9. The van der Waals surface area contributed by atoms with Crippen molar-refractivity contribution >= 4 is 27.7 Å². The van der Waals surface area contributed by atoms with E-state index in [1.165, 1.54) is 0 Å². The van der Waals surface area contributed by atoms with Gasteiger partial charge in [0.25, 0.3) is 11.8 Å². The van der Waals surface area contributed by atoms with Crippen LogP contribution >= 0.6 is 15.9 Å². The molecule has 0 aliphatic rings. The lowest BCUT2D eigenvalue weighted by atomic mass is 10.1. The Kier molecular flexibility index (Phi) is 8.13. The van der Waals surface area contributed by atoms with Gasteiger partial charge in [0.1, 0.15) is 11.5 Å². The molecule has 7 heteroatoms. The number of hydrogen-bond acceptors (Lipinski definition) is 4. The largest absolute Gasteiger partial charge is 0.494 e. The molecule has 2 aromatic carbocycles. The second-order valence-corrected chi connectivity index (χ2v) is 7.22. The molecular weight excluding hydrogens is 412 g/mol. The molecule has 0 bridgehead atoms. The summed E-state index contributed by atoms with van der Waals surface area (Å²) in [6, 6.07) is 13.9. The van der Waals surface area contributed by atoms with E-state index in [-0.39, 0.29) is 6.61 Å². The van der Waals surface area contributed by atoms with Gasteiger partial charge in [-0.05, 0) is 54.8 Å². The lowest BCUT2D eigenvalue weighted by Gasteiger charge is -2.11. The molecule has 2 N–H and O–H groups in total. The Bertz CT molecular complexity index is 763. The molecule has 2 amide bonds. The van der Waals surface area contributed by atoms with Crippen LogP contribution in [-0.4, -0.2) is 25.0 Å². The number of rotatable bonds is 8. The lowest BCUT2D eigenvalue weighted by Crippen LogP contribution is -2.43. The van der Waals surface area contributed by atoms with Crippen LogP contribution in [0.2, 0.25) is 0 Å². The highest BCUT2D eigenvalue weighted by Crippen LogP contribution is 2.16. The standard InChI is InChI=1S/C20H23BrN2O4/c1-14(2)10-11-26-18-5-3-4-15(12-18)20(25)23-22-19(24)13-27-17-8-6-16(21)7-9-17/h3-9,12,14H,10-11,13H2,1-2H3,(H,22,24)(H,23,25). The monoisotopic (exact) mass is 434 g/mol. The van der Waals surface area contributed by atoms with Crippen LogP contribution in [0.3, 0.4) is 0 Å². The average molecular weight is 435 g/mol. The molecule has 0 saturated heterocycles. The molecule has 0 unspecified atom stereocenters. The van der Waals surface area contributed by atoms with Crippen LogP contribution < -0.4 is 20.3 Å². The Labute approximate surface area is 167 Å². The normalized spacial score (nSPS) is 10.4. The molecule has 6 nitrogen and oxygen atoms in total. The van der Waals surface area contributed by atoms with E-state index in [9.17, 15) is 9.59 Å². The third kappa shape index (κ3) is 7.70. The first kappa shape index (κ1) is 20.8. The molecule has 0 radical (unpaired) electrons. The number of carbonyl (C=O) groups is 2. The van der Waals surface area contributed by atoms with Crippen molar-refractivity contribution in [3.8, 4) is 11.5 Å². The van der Waals surface area contributed by atoms with Gasteiger partial charge in [0, 0.05) is 10.0 Å². The number of benzene rings is 2. The second-order valence-electron chi connectivity index (χ2n) is 6.30. The number of carbonyl (C=O) groups excluding carboxylic acids is 2. The minimum Gasteiger partial charge on any atom is -0.494 e. The highest BCUT2D eigenvalue weighted by molar-refractivity contribution is 9.10. The zero-order chi connectivity index (χ0) is 19.6. The quantitative estimate of drug-likeness (QED) is 0.620. The Morgan fingerprint density at radius 1 is 1.00 bits per heavy atom. The van der Waals surface area contributed by atoms with Crippen LogP contribution in [-0.2, 0) is 4.79 Å². The van der Waals surface area contributed by atoms with Crippen molar-refractivity contribution in [1.29, 1.82) is 0 Å². The Morgan fingerprint density at radius 3 is 2.44 bits per heavy atom. The van der Waals surface area contributed by atoms with Crippen molar-refractivity contribution in [2.75, 3.05) is 13.2 Å². The van der Waals surface area contributed by atoms with Crippen molar-refractivity contribution in [2.24, 2.45) is 5.92 Å². The van der Waals surface area contributed by atoms with E-state index >= 15 is 0 Å². The van der Waals surface area contributed by atoms with Crippen molar-refractivity contribution in [3.05, 3.63) is 58.6 Å². The second kappa shape index (κ2) is 10.6. The number of hydrogen-bond donors (Lipinski definition) is 2. The summed E-state index contributed by atoms with van der Waals surface area (Å²) in [4.78, 5) is 24.0. The minimum absolute atomic E-state index is 0.208. The van der Waals surface area contributed by atoms with Gasteiger partial charge in [0.2, 0.25) is 0 Å². The zero-order valence-electron chi connectivity index (χ0n) is 15.3. The molecule has 0 aliphatic heterocycles. The Balaban J connectivity index is 1.77. The summed E-state index contributed by atoms with van der Waals surface area (Å²) in [6.45, 7) is 4.62. The van der Waals surface area contributed by atoms with Gasteiger partial charge in [-0.3, -0.25) is 20.4 Å². The summed E-state index contributed by atoms with van der Waals surface area (Å²) in [5, 5.41) is 0. The minimum atomic E-state index is -0.462. The van der Waals surface area contributed by atoms with Gasteiger partial charge in [0.15, 0.2) is 6.61 Å². The van der Waals surface area contributed by atoms with Gasteiger partial charge in [-0.2, -0.15) is 0 Å². The van der Waals surface area contributed by atoms with Gasteiger partial charge in [0.05, 0.1) is 6.61 Å². The fourth-order valence-corrected chi connectivity index (χ4v) is 2.32. The van der Waals surface area contributed by atoms with Crippen molar-refractivity contribution < 1.29 is 19.1 Å². The predicted molar refractivity (Wildman–Crippen MR) is 107 cm³/mol. The topological polar surface area (TPSA) is 76.7 Å². The fourth-order valence-electron chi connectivity index (χ4n) is 2.05. The molecular formula is C20H23BrN2O4. The van der Waals surface area contributed by atoms with Crippen LogP contribution in [0.25, 0.3) is 0 Å². The molecule has 0 saturated carbocycles. The van der Waals surface area contributed by atoms with Gasteiger partial charge in [-0.15, -0.1) is 0 Å². The van der Waals surface area contributed by atoms with Crippen LogP contribution in [0.4, 0.5) is 0 Å². The summed E-state index contributed by atoms with van der Waals surface area (Å²) in [5.74, 6) is 0.836. The van der Waals surface area contributed by atoms with E-state index in [4.69, 9.17) is 9.47 Å². The first-order valence-electron chi connectivity index (χ1n) is 8.64. The van der Waals surface area contributed by atoms with Crippen LogP contribution in [0.15, 0.2) is 53.0 Å². The smallest absolute Gasteiger partial charge is 0.276 e. The molecule has 0 aliphatic carbocycles. The summed E-state index contributed by atoms with van der Waals surface area (Å²) in [5.41, 5.74) is 5.09. The van der Waals surface area contributed by atoms with Gasteiger partial charge in [-0.1, -0.05) is 35.8 Å². The molecule has 2 aromatic rings. The first-order chi connectivity index (χ1) is 12.9. The maximum Gasteiger partial charge on any atom is 0.276 e. The van der Waals surface area contributed by atoms with Crippen LogP contribution in [0.5, 0.6) is 11.5 Å². The van der Waals surface area contributed by atoms with Gasteiger partial charge < -0.3 is 9.47 Å². The molecule has 0 aromatic heterocycles. The van der Waals surface area contributed by atoms with Crippen molar-refractivity contribution in [2.45, 2.75) is 20.3 Å². The molecule has 0 heterocycles. The zero-order valence-corrected chi connectivity index (χ0v) is 16.9. The SMILES string of the molecule is CC(C)CCOc1cccc(C(=O)NNC(=O)COc2ccc(Br)cc2)c1. The number of amides is 2. The molecule has 144 valence electrons. The summed E-state index contributed by atoms with van der Waals surface area (Å²) in [6.07, 6.45) is 0.935. The Hall–Kier alpha value is -2.54. The van der Waals surface area contributed by atoms with Crippen LogP contribution in [0.1, 0.15) is 30.6 Å². The molecule has 0 spiro atoms. The molecule has 2 rings (SSSR count). The summed E-state index contributed by atoms with van der Waals surface area (Å²) < 4.78 is 11.9. The number of hydrazine groups is 1. The van der Waals surface area contributed by atoms with Crippen molar-refractivity contribution in [3.63, 3.8) is 0 Å². The summed E-state index contributed by atoms with van der Waals surface area (Å²) in [7, 11) is 0. The third-order valence-electron chi connectivity index (χ3n) is 3.56. The average Bonchev–Trinajstić information content (AvgIpc) is 2.65.